The number of alkyl halides is 3. The predicted octanol–water partition coefficient (Wildman–Crippen LogP) is 2.96. The number of benzene rings is 1. The van der Waals surface area contributed by atoms with Crippen molar-refractivity contribution in [3.05, 3.63) is 30.0 Å². The number of aryl methyl sites for hydroxylation is 1. The number of H-pyrrole nitrogens is 1. The second-order valence-corrected chi connectivity index (χ2v) is 3.96. The standard InChI is InChI=1S/C12H13F3N2O/c13-12(14,15)18-9-3-4-11-10(6-9)8(7-17-11)2-1-5-16/h3-4,6-7,17H,1-2,5,16H2. The molecule has 3 N–H and O–H groups in total. The number of nitrogens with one attached hydrogen (secondary N) is 1. The molecule has 0 saturated carbocycles. The molecule has 0 spiro atoms. The smallest absolute Gasteiger partial charge is 0.406 e. The van der Waals surface area contributed by atoms with E-state index in [1.165, 1.54) is 12.1 Å². The van der Waals surface area contributed by atoms with Gasteiger partial charge in [0.25, 0.3) is 0 Å². The van der Waals surface area contributed by atoms with Crippen LogP contribution in [0.2, 0.25) is 0 Å². The fourth-order valence-electron chi connectivity index (χ4n) is 1.85. The van der Waals surface area contributed by atoms with E-state index in [4.69, 9.17) is 5.73 Å². The minimum absolute atomic E-state index is 0.205. The minimum Gasteiger partial charge on any atom is -0.406 e. The molecule has 0 radical (unpaired) electrons. The monoisotopic (exact) mass is 258 g/mol. The van der Waals surface area contributed by atoms with Crippen molar-refractivity contribution >= 4 is 10.9 Å². The first-order chi connectivity index (χ1) is 8.49. The summed E-state index contributed by atoms with van der Waals surface area (Å²) < 4.78 is 40.3. The molecule has 3 nitrogen and oxygen atoms in total. The van der Waals surface area contributed by atoms with Crippen LogP contribution in [0.5, 0.6) is 5.75 Å². The van der Waals surface area contributed by atoms with Crippen LogP contribution in [0.15, 0.2) is 24.4 Å². The number of aromatic nitrogens is 1. The molecule has 6 heteroatoms. The van der Waals surface area contributed by atoms with Gasteiger partial charge in [-0.25, -0.2) is 0 Å². The maximum absolute atomic E-state index is 12.1. The molecule has 0 aliphatic heterocycles. The van der Waals surface area contributed by atoms with Crippen molar-refractivity contribution in [1.82, 2.24) is 4.98 Å². The van der Waals surface area contributed by atoms with E-state index in [0.29, 0.717) is 6.54 Å². The van der Waals surface area contributed by atoms with Crippen LogP contribution in [0.25, 0.3) is 10.9 Å². The third-order valence-corrected chi connectivity index (χ3v) is 2.62. The second-order valence-electron chi connectivity index (χ2n) is 3.96. The van der Waals surface area contributed by atoms with Crippen LogP contribution in [-0.4, -0.2) is 17.9 Å². The molecule has 0 bridgehead atoms. The average Bonchev–Trinajstić information content (AvgIpc) is 2.67. The highest BCUT2D eigenvalue weighted by molar-refractivity contribution is 5.84. The van der Waals surface area contributed by atoms with Crippen molar-refractivity contribution in [2.45, 2.75) is 19.2 Å². The molecule has 1 aromatic carbocycles. The third kappa shape index (κ3) is 2.95. The zero-order valence-electron chi connectivity index (χ0n) is 9.55. The molecule has 98 valence electrons. The van der Waals surface area contributed by atoms with Gasteiger partial charge >= 0.3 is 6.36 Å². The van der Waals surface area contributed by atoms with Gasteiger partial charge in [-0.05, 0) is 43.1 Å². The highest BCUT2D eigenvalue weighted by atomic mass is 19.4. The Morgan fingerprint density at radius 1 is 1.28 bits per heavy atom. The Hall–Kier alpha value is -1.69. The average molecular weight is 258 g/mol. The first kappa shape index (κ1) is 12.8. The van der Waals surface area contributed by atoms with Crippen molar-refractivity contribution in [3.8, 4) is 5.75 Å². The molecule has 0 fully saturated rings. The largest absolute Gasteiger partial charge is 0.573 e. The number of aromatic amines is 1. The lowest BCUT2D eigenvalue weighted by Crippen LogP contribution is -2.16. The van der Waals surface area contributed by atoms with E-state index < -0.39 is 6.36 Å². The van der Waals surface area contributed by atoms with Crippen LogP contribution in [-0.2, 0) is 6.42 Å². The van der Waals surface area contributed by atoms with Gasteiger partial charge in [-0.2, -0.15) is 0 Å². The van der Waals surface area contributed by atoms with Crippen LogP contribution in [0.3, 0.4) is 0 Å². The van der Waals surface area contributed by atoms with E-state index in [0.717, 1.165) is 29.3 Å². The summed E-state index contributed by atoms with van der Waals surface area (Å²) in [6.07, 6.45) is -1.36. The summed E-state index contributed by atoms with van der Waals surface area (Å²) in [5.41, 5.74) is 7.15. The molecule has 1 aromatic heterocycles. The summed E-state index contributed by atoms with van der Waals surface area (Å²) in [5.74, 6) is -0.205. The van der Waals surface area contributed by atoms with E-state index in [9.17, 15) is 13.2 Å². The van der Waals surface area contributed by atoms with Gasteiger partial charge in [0.15, 0.2) is 0 Å². The summed E-state index contributed by atoms with van der Waals surface area (Å²) in [4.78, 5) is 3.01. The van der Waals surface area contributed by atoms with Crippen LogP contribution in [0, 0.1) is 0 Å². The van der Waals surface area contributed by atoms with Gasteiger partial charge in [0.05, 0.1) is 0 Å². The molecule has 18 heavy (non-hydrogen) atoms. The number of rotatable bonds is 4. The number of fused-ring (bicyclic) bond motifs is 1. The van der Waals surface area contributed by atoms with Gasteiger partial charge in [-0.15, -0.1) is 13.2 Å². The van der Waals surface area contributed by atoms with Crippen LogP contribution in [0.1, 0.15) is 12.0 Å². The highest BCUT2D eigenvalue weighted by Crippen LogP contribution is 2.28. The molecule has 1 heterocycles. The van der Waals surface area contributed by atoms with Gasteiger partial charge < -0.3 is 15.5 Å². The quantitative estimate of drug-likeness (QED) is 0.885. The zero-order valence-corrected chi connectivity index (χ0v) is 9.55. The Kier molecular flexibility index (Phi) is 3.47. The first-order valence-electron chi connectivity index (χ1n) is 5.55. The Labute approximate surface area is 102 Å². The molecule has 0 atom stereocenters. The van der Waals surface area contributed by atoms with Crippen LogP contribution >= 0.6 is 0 Å². The molecule has 0 amide bonds. The van der Waals surface area contributed by atoms with Crippen molar-refractivity contribution in [3.63, 3.8) is 0 Å². The number of hydrogen-bond acceptors (Lipinski definition) is 2. The SMILES string of the molecule is NCCCc1c[nH]c2ccc(OC(F)(F)F)cc12. The summed E-state index contributed by atoms with van der Waals surface area (Å²) in [6.45, 7) is 0.547. The molecular weight excluding hydrogens is 245 g/mol. The predicted molar refractivity (Wildman–Crippen MR) is 62.4 cm³/mol. The lowest BCUT2D eigenvalue weighted by atomic mass is 10.1. The maximum atomic E-state index is 12.1. The van der Waals surface area contributed by atoms with E-state index in [1.807, 2.05) is 0 Å². The van der Waals surface area contributed by atoms with Gasteiger partial charge in [0.1, 0.15) is 5.75 Å². The maximum Gasteiger partial charge on any atom is 0.573 e. The highest BCUT2D eigenvalue weighted by Gasteiger charge is 2.31. The fraction of sp³-hybridized carbons (Fsp3) is 0.333. The Morgan fingerprint density at radius 3 is 2.72 bits per heavy atom. The normalized spacial score (nSPS) is 12.0. The lowest BCUT2D eigenvalue weighted by Gasteiger charge is -2.08. The van der Waals surface area contributed by atoms with Gasteiger partial charge in [0, 0.05) is 17.1 Å². The fourth-order valence-corrected chi connectivity index (χ4v) is 1.85. The van der Waals surface area contributed by atoms with Gasteiger partial charge in [0.2, 0.25) is 0 Å². The van der Waals surface area contributed by atoms with Crippen LogP contribution in [0.4, 0.5) is 13.2 Å². The first-order valence-corrected chi connectivity index (χ1v) is 5.55. The number of ether oxygens (including phenoxy) is 1. The van der Waals surface area contributed by atoms with Gasteiger partial charge in [-0.3, -0.25) is 0 Å². The summed E-state index contributed by atoms with van der Waals surface area (Å²) in [7, 11) is 0. The summed E-state index contributed by atoms with van der Waals surface area (Å²) >= 11 is 0. The molecule has 0 unspecified atom stereocenters. The molecule has 0 aliphatic carbocycles. The molecule has 2 aromatic rings. The molecule has 2 rings (SSSR count). The van der Waals surface area contributed by atoms with Crippen molar-refractivity contribution < 1.29 is 17.9 Å². The topological polar surface area (TPSA) is 51.0 Å². The van der Waals surface area contributed by atoms with E-state index >= 15 is 0 Å². The van der Waals surface area contributed by atoms with E-state index in [2.05, 4.69) is 9.72 Å². The second kappa shape index (κ2) is 4.89. The van der Waals surface area contributed by atoms with E-state index in [1.54, 1.807) is 12.3 Å². The van der Waals surface area contributed by atoms with E-state index in [-0.39, 0.29) is 5.75 Å². The number of nitrogens with two attached hydrogens (primary N) is 1. The zero-order chi connectivity index (χ0) is 13.2. The lowest BCUT2D eigenvalue weighted by molar-refractivity contribution is -0.274. The minimum atomic E-state index is -4.67. The molecule has 0 saturated heterocycles. The third-order valence-electron chi connectivity index (χ3n) is 2.62. The van der Waals surface area contributed by atoms with Gasteiger partial charge in [-0.1, -0.05) is 0 Å². The molecular formula is C12H13F3N2O. The molecule has 0 aliphatic rings. The summed E-state index contributed by atoms with van der Waals surface area (Å²) in [5, 5.41) is 0.741. The summed E-state index contributed by atoms with van der Waals surface area (Å²) in [6, 6.07) is 4.26. The van der Waals surface area contributed by atoms with Crippen molar-refractivity contribution in [2.75, 3.05) is 6.54 Å². The Balaban J connectivity index is 2.30. The number of halogens is 3. The van der Waals surface area contributed by atoms with Crippen molar-refractivity contribution in [1.29, 1.82) is 0 Å². The number of hydrogen-bond donors (Lipinski definition) is 2. The van der Waals surface area contributed by atoms with Crippen molar-refractivity contribution in [2.24, 2.45) is 5.73 Å². The Morgan fingerprint density at radius 2 is 2.06 bits per heavy atom. The van der Waals surface area contributed by atoms with Crippen LogP contribution < -0.4 is 10.5 Å². The Bertz CT molecular complexity index is 534.